The molecule has 1 aromatic carbocycles. The molecule has 0 aromatic heterocycles. The van der Waals surface area contributed by atoms with Gasteiger partial charge in [0.05, 0.1) is 0 Å². The van der Waals surface area contributed by atoms with Gasteiger partial charge in [0.1, 0.15) is 0 Å². The van der Waals surface area contributed by atoms with E-state index in [0.29, 0.717) is 31.2 Å². The van der Waals surface area contributed by atoms with Crippen LogP contribution in [0.1, 0.15) is 39.2 Å². The Hall–Kier alpha value is -0.940. The molecule has 0 spiro atoms. The summed E-state index contributed by atoms with van der Waals surface area (Å²) in [5, 5.41) is 3.61. The van der Waals surface area contributed by atoms with E-state index in [1.807, 2.05) is 0 Å². The molecule has 0 heterocycles. The Morgan fingerprint density at radius 3 is 2.27 bits per heavy atom. The lowest BCUT2D eigenvalue weighted by molar-refractivity contribution is 0.101. The first-order chi connectivity index (χ1) is 10.7. The summed E-state index contributed by atoms with van der Waals surface area (Å²) >= 11 is 0. The Morgan fingerprint density at radius 2 is 1.77 bits per heavy atom. The fourth-order valence-electron chi connectivity index (χ4n) is 3.10. The quantitative estimate of drug-likeness (QED) is 0.584. The molecule has 1 rings (SSSR count). The fraction of sp³-hybridized carbons (Fsp3) is 0.667. The molecule has 4 heteroatoms. The highest BCUT2D eigenvalue weighted by atomic mass is 15.2. The fourth-order valence-corrected chi connectivity index (χ4v) is 3.10. The average Bonchev–Trinajstić information content (AvgIpc) is 2.57. The van der Waals surface area contributed by atoms with Crippen LogP contribution in [0, 0.1) is 0 Å². The molecular weight excluding hydrogens is 272 g/mol. The molecule has 0 aliphatic rings. The van der Waals surface area contributed by atoms with E-state index in [2.05, 4.69) is 61.3 Å². The highest BCUT2D eigenvalue weighted by Gasteiger charge is 2.27. The number of nitrogens with zero attached hydrogens (tertiary/aromatic N) is 1. The molecule has 0 fully saturated rings. The zero-order valence-corrected chi connectivity index (χ0v) is 14.5. The molecule has 0 saturated carbocycles. The predicted octanol–water partition coefficient (Wildman–Crippen LogP) is 1.94. The summed E-state index contributed by atoms with van der Waals surface area (Å²) in [6.07, 6.45) is 2.20. The van der Waals surface area contributed by atoms with Gasteiger partial charge in [-0.3, -0.25) is 4.90 Å². The normalized spacial score (nSPS) is 15.7. The molecule has 126 valence electrons. The first kappa shape index (κ1) is 19.1. The van der Waals surface area contributed by atoms with E-state index in [4.69, 9.17) is 11.5 Å². The molecule has 0 amide bonds. The first-order valence-corrected chi connectivity index (χ1v) is 8.61. The van der Waals surface area contributed by atoms with Gasteiger partial charge in [0.25, 0.3) is 0 Å². The van der Waals surface area contributed by atoms with Crippen molar-refractivity contribution in [2.75, 3.05) is 19.6 Å². The molecule has 1 aromatic rings. The maximum absolute atomic E-state index is 5.98. The zero-order chi connectivity index (χ0) is 16.4. The lowest BCUT2D eigenvalue weighted by Crippen LogP contribution is -2.54. The summed E-state index contributed by atoms with van der Waals surface area (Å²) in [6.45, 7) is 9.89. The van der Waals surface area contributed by atoms with E-state index < -0.39 is 0 Å². The summed E-state index contributed by atoms with van der Waals surface area (Å²) in [5.74, 6) is 0. The number of nitrogens with two attached hydrogens (primary N) is 2. The molecule has 22 heavy (non-hydrogen) atoms. The minimum Gasteiger partial charge on any atom is -0.329 e. The maximum Gasteiger partial charge on any atom is 0.0253 e. The van der Waals surface area contributed by atoms with Crippen LogP contribution in [0.3, 0.4) is 0 Å². The summed E-state index contributed by atoms with van der Waals surface area (Å²) in [6, 6.07) is 11.9. The van der Waals surface area contributed by atoms with Crippen molar-refractivity contribution in [3.63, 3.8) is 0 Å². The molecular formula is C18H34N4. The Morgan fingerprint density at radius 1 is 1.09 bits per heavy atom. The SMILES string of the molecule is CCC(NCCN)C(CC)N(Cc1ccccc1)C(C)CN. The average molecular weight is 306 g/mol. The number of nitrogens with one attached hydrogen (secondary N) is 1. The van der Waals surface area contributed by atoms with E-state index in [0.717, 1.165) is 25.9 Å². The van der Waals surface area contributed by atoms with Crippen LogP contribution in [0.25, 0.3) is 0 Å². The van der Waals surface area contributed by atoms with Crippen molar-refractivity contribution >= 4 is 0 Å². The van der Waals surface area contributed by atoms with Gasteiger partial charge in [-0.25, -0.2) is 0 Å². The number of rotatable bonds is 11. The van der Waals surface area contributed by atoms with Crippen LogP contribution in [0.2, 0.25) is 0 Å². The molecule has 0 radical (unpaired) electrons. The second-order valence-corrected chi connectivity index (χ2v) is 5.98. The molecule has 3 unspecified atom stereocenters. The van der Waals surface area contributed by atoms with Gasteiger partial charge in [-0.1, -0.05) is 44.2 Å². The molecule has 0 aliphatic carbocycles. The summed E-state index contributed by atoms with van der Waals surface area (Å²) in [7, 11) is 0. The second-order valence-electron chi connectivity index (χ2n) is 5.98. The van der Waals surface area contributed by atoms with Crippen LogP contribution in [0.4, 0.5) is 0 Å². The Labute approximate surface area is 136 Å². The second kappa shape index (κ2) is 10.7. The Kier molecular flexibility index (Phi) is 9.32. The highest BCUT2D eigenvalue weighted by molar-refractivity contribution is 5.15. The minimum atomic E-state index is 0.360. The van der Waals surface area contributed by atoms with Crippen LogP contribution < -0.4 is 16.8 Å². The van der Waals surface area contributed by atoms with Gasteiger partial charge in [-0.2, -0.15) is 0 Å². The Balaban J connectivity index is 2.90. The van der Waals surface area contributed by atoms with Crippen molar-refractivity contribution in [3.8, 4) is 0 Å². The summed E-state index contributed by atoms with van der Waals surface area (Å²) < 4.78 is 0. The highest BCUT2D eigenvalue weighted by Crippen LogP contribution is 2.18. The van der Waals surface area contributed by atoms with Gasteiger partial charge < -0.3 is 16.8 Å². The van der Waals surface area contributed by atoms with E-state index in [1.165, 1.54) is 5.56 Å². The van der Waals surface area contributed by atoms with Crippen molar-refractivity contribution in [2.45, 2.75) is 58.3 Å². The van der Waals surface area contributed by atoms with Gasteiger partial charge in [-0.15, -0.1) is 0 Å². The van der Waals surface area contributed by atoms with Crippen molar-refractivity contribution in [2.24, 2.45) is 11.5 Å². The van der Waals surface area contributed by atoms with Crippen LogP contribution in [0.5, 0.6) is 0 Å². The van der Waals surface area contributed by atoms with E-state index >= 15 is 0 Å². The van der Waals surface area contributed by atoms with Gasteiger partial charge in [0.2, 0.25) is 0 Å². The third-order valence-corrected chi connectivity index (χ3v) is 4.41. The minimum absolute atomic E-state index is 0.360. The molecule has 0 bridgehead atoms. The van der Waals surface area contributed by atoms with Crippen LogP contribution in [0.15, 0.2) is 30.3 Å². The summed E-state index contributed by atoms with van der Waals surface area (Å²) in [5.41, 5.74) is 13.0. The van der Waals surface area contributed by atoms with Crippen molar-refractivity contribution in [1.82, 2.24) is 10.2 Å². The zero-order valence-electron chi connectivity index (χ0n) is 14.5. The number of hydrogen-bond donors (Lipinski definition) is 3. The lowest BCUT2D eigenvalue weighted by Gasteiger charge is -2.40. The molecule has 4 nitrogen and oxygen atoms in total. The lowest BCUT2D eigenvalue weighted by atomic mass is 9.98. The van der Waals surface area contributed by atoms with Crippen molar-refractivity contribution < 1.29 is 0 Å². The molecule has 0 saturated heterocycles. The first-order valence-electron chi connectivity index (χ1n) is 8.61. The monoisotopic (exact) mass is 306 g/mol. The largest absolute Gasteiger partial charge is 0.329 e. The van der Waals surface area contributed by atoms with Gasteiger partial charge in [-0.05, 0) is 25.3 Å². The Bertz CT molecular complexity index is 382. The smallest absolute Gasteiger partial charge is 0.0253 e. The predicted molar refractivity (Wildman–Crippen MR) is 95.7 cm³/mol. The topological polar surface area (TPSA) is 67.3 Å². The molecule has 0 aliphatic heterocycles. The van der Waals surface area contributed by atoms with Gasteiger partial charge in [0.15, 0.2) is 0 Å². The maximum atomic E-state index is 5.98. The van der Waals surface area contributed by atoms with Gasteiger partial charge >= 0.3 is 0 Å². The third kappa shape index (κ3) is 5.69. The van der Waals surface area contributed by atoms with E-state index in [-0.39, 0.29) is 0 Å². The number of benzene rings is 1. The van der Waals surface area contributed by atoms with E-state index in [1.54, 1.807) is 0 Å². The van der Waals surface area contributed by atoms with Gasteiger partial charge in [0, 0.05) is 44.3 Å². The molecule has 5 N–H and O–H groups in total. The van der Waals surface area contributed by atoms with Crippen LogP contribution in [-0.4, -0.2) is 42.7 Å². The third-order valence-electron chi connectivity index (χ3n) is 4.41. The molecule has 3 atom stereocenters. The van der Waals surface area contributed by atoms with Crippen molar-refractivity contribution in [3.05, 3.63) is 35.9 Å². The van der Waals surface area contributed by atoms with E-state index in [9.17, 15) is 0 Å². The van der Waals surface area contributed by atoms with Crippen molar-refractivity contribution in [1.29, 1.82) is 0 Å². The standard InChI is InChI=1S/C18H34N4/c1-4-17(21-12-11-19)18(5-2)22(15(3)13-20)14-16-9-7-6-8-10-16/h6-10,15,17-18,21H,4-5,11-14,19-20H2,1-3H3. The summed E-state index contributed by atoms with van der Waals surface area (Å²) in [4.78, 5) is 2.55. The van der Waals surface area contributed by atoms with Crippen LogP contribution in [-0.2, 0) is 6.54 Å². The van der Waals surface area contributed by atoms with Crippen LogP contribution >= 0.6 is 0 Å². The number of hydrogen-bond acceptors (Lipinski definition) is 4.